The van der Waals surface area contributed by atoms with E-state index in [1.807, 2.05) is 25.1 Å². The fourth-order valence-electron chi connectivity index (χ4n) is 3.04. The zero-order valence-corrected chi connectivity index (χ0v) is 12.7. The van der Waals surface area contributed by atoms with Crippen molar-refractivity contribution in [3.63, 3.8) is 0 Å². The lowest BCUT2D eigenvalue weighted by atomic mass is 9.99. The summed E-state index contributed by atoms with van der Waals surface area (Å²) in [5.41, 5.74) is 0.747. The second-order valence-corrected chi connectivity index (χ2v) is 6.25. The number of benzene rings is 1. The predicted octanol–water partition coefficient (Wildman–Crippen LogP) is 2.95. The monoisotopic (exact) mass is 286 g/mol. The molecule has 2 aliphatic carbocycles. The fraction of sp³-hybridized carbons (Fsp3) is 0.588. The molecule has 4 heteroatoms. The maximum atomic E-state index is 9.52. The number of hydrogen-bond donors (Lipinski definition) is 1. The van der Waals surface area contributed by atoms with E-state index in [-0.39, 0.29) is 6.10 Å². The molecule has 0 bridgehead atoms. The fourth-order valence-corrected chi connectivity index (χ4v) is 3.04. The minimum atomic E-state index is -0.399. The van der Waals surface area contributed by atoms with Crippen LogP contribution in [0.2, 0.25) is 0 Å². The van der Waals surface area contributed by atoms with Crippen LogP contribution >= 0.6 is 0 Å². The van der Waals surface area contributed by atoms with E-state index in [9.17, 15) is 5.26 Å². The first kappa shape index (κ1) is 14.2. The Bertz CT molecular complexity index is 562. The molecular formula is C17H22N2O2. The van der Waals surface area contributed by atoms with Crippen molar-refractivity contribution in [2.45, 2.75) is 56.7 Å². The number of nitrogens with zero attached hydrogens (tertiary/aromatic N) is 1. The van der Waals surface area contributed by atoms with Gasteiger partial charge >= 0.3 is 0 Å². The van der Waals surface area contributed by atoms with Crippen molar-refractivity contribution in [3.8, 4) is 17.6 Å². The molecular weight excluding hydrogens is 264 g/mol. The number of aryl methyl sites for hydroxylation is 1. The number of hydrogen-bond acceptors (Lipinski definition) is 4. The van der Waals surface area contributed by atoms with Gasteiger partial charge in [0.15, 0.2) is 11.5 Å². The van der Waals surface area contributed by atoms with Gasteiger partial charge in [0, 0.05) is 12.5 Å². The molecule has 0 spiro atoms. The quantitative estimate of drug-likeness (QED) is 0.904. The third-order valence-electron chi connectivity index (χ3n) is 4.35. The van der Waals surface area contributed by atoms with Gasteiger partial charge in [0.05, 0.1) is 13.2 Å². The topological polar surface area (TPSA) is 54.3 Å². The molecule has 1 N–H and O–H groups in total. The summed E-state index contributed by atoms with van der Waals surface area (Å²) in [6.45, 7) is 2.03. The third kappa shape index (κ3) is 3.14. The Balaban J connectivity index is 1.68. The largest absolute Gasteiger partial charge is 0.493 e. The van der Waals surface area contributed by atoms with E-state index in [2.05, 4.69) is 11.4 Å². The number of ether oxygens (including phenoxy) is 2. The summed E-state index contributed by atoms with van der Waals surface area (Å²) in [4.78, 5) is 0. The Morgan fingerprint density at radius 2 is 2.10 bits per heavy atom. The zero-order valence-electron chi connectivity index (χ0n) is 12.7. The molecule has 0 amide bonds. The molecule has 0 aliphatic heterocycles. The lowest BCUT2D eigenvalue weighted by molar-refractivity contribution is 0.192. The van der Waals surface area contributed by atoms with Gasteiger partial charge in [0.25, 0.3) is 0 Å². The molecule has 2 atom stereocenters. The maximum Gasteiger partial charge on any atom is 0.161 e. The van der Waals surface area contributed by atoms with Crippen LogP contribution in [0.4, 0.5) is 0 Å². The van der Waals surface area contributed by atoms with Crippen molar-refractivity contribution in [1.82, 2.24) is 5.32 Å². The molecule has 2 unspecified atom stereocenters. The van der Waals surface area contributed by atoms with Crippen molar-refractivity contribution >= 4 is 0 Å². The Hall–Kier alpha value is -1.73. The minimum absolute atomic E-state index is 0.0764. The second kappa shape index (κ2) is 5.57. The Morgan fingerprint density at radius 1 is 1.29 bits per heavy atom. The molecule has 112 valence electrons. The first-order valence-electron chi connectivity index (χ1n) is 7.64. The van der Waals surface area contributed by atoms with Crippen LogP contribution in [0.5, 0.6) is 11.5 Å². The summed E-state index contributed by atoms with van der Waals surface area (Å²) in [6, 6.07) is 8.97. The first-order chi connectivity index (χ1) is 10.1. The van der Waals surface area contributed by atoms with Crippen molar-refractivity contribution in [1.29, 1.82) is 5.26 Å². The van der Waals surface area contributed by atoms with Gasteiger partial charge in [-0.05, 0) is 50.3 Å². The highest BCUT2D eigenvalue weighted by Gasteiger charge is 2.43. The van der Waals surface area contributed by atoms with Gasteiger partial charge in [0.2, 0.25) is 0 Å². The summed E-state index contributed by atoms with van der Waals surface area (Å²) < 4.78 is 11.5. The van der Waals surface area contributed by atoms with Crippen molar-refractivity contribution in [2.75, 3.05) is 7.11 Å². The van der Waals surface area contributed by atoms with Crippen LogP contribution in [-0.2, 0) is 0 Å². The highest BCUT2D eigenvalue weighted by Crippen LogP contribution is 2.37. The van der Waals surface area contributed by atoms with E-state index in [1.165, 1.54) is 12.8 Å². The molecule has 21 heavy (non-hydrogen) atoms. The van der Waals surface area contributed by atoms with Crippen LogP contribution < -0.4 is 14.8 Å². The highest BCUT2D eigenvalue weighted by molar-refractivity contribution is 5.42. The average molecular weight is 286 g/mol. The molecule has 0 aromatic heterocycles. The van der Waals surface area contributed by atoms with Gasteiger partial charge < -0.3 is 9.47 Å². The number of methoxy groups -OCH3 is 1. The molecule has 0 heterocycles. The van der Waals surface area contributed by atoms with Crippen molar-refractivity contribution in [2.24, 2.45) is 0 Å². The van der Waals surface area contributed by atoms with E-state index in [0.29, 0.717) is 6.04 Å². The predicted molar refractivity (Wildman–Crippen MR) is 80.5 cm³/mol. The standard InChI is InChI=1S/C17H22N2O2/c1-12-3-6-15(16(9-12)20-2)21-14-7-8-17(10-14,11-18)19-13-4-5-13/h3,6,9,13-14,19H,4-5,7-8,10H2,1-2H3. The number of nitriles is 1. The van der Waals surface area contributed by atoms with Crippen LogP contribution in [0.25, 0.3) is 0 Å². The van der Waals surface area contributed by atoms with Crippen molar-refractivity contribution < 1.29 is 9.47 Å². The van der Waals surface area contributed by atoms with Gasteiger partial charge in [-0.3, -0.25) is 5.32 Å². The lowest BCUT2D eigenvalue weighted by Crippen LogP contribution is -2.43. The number of rotatable bonds is 5. The molecule has 2 fully saturated rings. The lowest BCUT2D eigenvalue weighted by Gasteiger charge is -2.23. The Morgan fingerprint density at radius 3 is 2.76 bits per heavy atom. The second-order valence-electron chi connectivity index (χ2n) is 6.25. The zero-order chi connectivity index (χ0) is 14.9. The molecule has 0 saturated heterocycles. The summed E-state index contributed by atoms with van der Waals surface area (Å²) in [5, 5.41) is 13.0. The normalized spacial score (nSPS) is 28.1. The first-order valence-corrected chi connectivity index (χ1v) is 7.64. The summed E-state index contributed by atoms with van der Waals surface area (Å²) >= 11 is 0. The summed E-state index contributed by atoms with van der Waals surface area (Å²) in [6.07, 6.45) is 4.98. The maximum absolute atomic E-state index is 9.52. The third-order valence-corrected chi connectivity index (χ3v) is 4.35. The van der Waals surface area contributed by atoms with Crippen LogP contribution in [0.3, 0.4) is 0 Å². The van der Waals surface area contributed by atoms with E-state index in [1.54, 1.807) is 7.11 Å². The van der Waals surface area contributed by atoms with E-state index in [4.69, 9.17) is 9.47 Å². The van der Waals surface area contributed by atoms with Crippen LogP contribution in [0.15, 0.2) is 18.2 Å². The summed E-state index contributed by atoms with van der Waals surface area (Å²) in [7, 11) is 1.66. The summed E-state index contributed by atoms with van der Waals surface area (Å²) in [5.74, 6) is 1.54. The van der Waals surface area contributed by atoms with E-state index < -0.39 is 5.54 Å². The Kier molecular flexibility index (Phi) is 3.77. The smallest absolute Gasteiger partial charge is 0.161 e. The van der Waals surface area contributed by atoms with Gasteiger partial charge in [-0.15, -0.1) is 0 Å². The molecule has 3 rings (SSSR count). The molecule has 2 saturated carbocycles. The van der Waals surface area contributed by atoms with Crippen molar-refractivity contribution in [3.05, 3.63) is 23.8 Å². The van der Waals surface area contributed by atoms with Crippen LogP contribution in [0.1, 0.15) is 37.7 Å². The van der Waals surface area contributed by atoms with Gasteiger partial charge in [0.1, 0.15) is 11.6 Å². The molecule has 1 aromatic carbocycles. The molecule has 0 radical (unpaired) electrons. The van der Waals surface area contributed by atoms with Gasteiger partial charge in [-0.1, -0.05) is 6.07 Å². The average Bonchev–Trinajstić information content (AvgIpc) is 3.20. The van der Waals surface area contributed by atoms with Crippen LogP contribution in [-0.4, -0.2) is 24.8 Å². The molecule has 4 nitrogen and oxygen atoms in total. The van der Waals surface area contributed by atoms with Gasteiger partial charge in [-0.25, -0.2) is 0 Å². The van der Waals surface area contributed by atoms with E-state index in [0.717, 1.165) is 36.3 Å². The SMILES string of the molecule is COc1cc(C)ccc1OC1CCC(C#N)(NC2CC2)C1. The molecule has 2 aliphatic rings. The van der Waals surface area contributed by atoms with Crippen LogP contribution in [0, 0.1) is 18.3 Å². The number of nitrogens with one attached hydrogen (secondary N) is 1. The highest BCUT2D eigenvalue weighted by atomic mass is 16.5. The molecule has 1 aromatic rings. The minimum Gasteiger partial charge on any atom is -0.493 e. The Labute approximate surface area is 126 Å². The van der Waals surface area contributed by atoms with Gasteiger partial charge in [-0.2, -0.15) is 5.26 Å². The van der Waals surface area contributed by atoms with E-state index >= 15 is 0 Å².